The highest BCUT2D eigenvalue weighted by Gasteiger charge is 2.18. The van der Waals surface area contributed by atoms with Gasteiger partial charge in [0.05, 0.1) is 29.5 Å². The van der Waals surface area contributed by atoms with Crippen molar-refractivity contribution in [3.63, 3.8) is 0 Å². The molecule has 0 aliphatic rings. The number of hydrogen-bond donors (Lipinski definition) is 2. The second-order valence-electron chi connectivity index (χ2n) is 7.48. The van der Waals surface area contributed by atoms with Gasteiger partial charge in [-0.05, 0) is 42.8 Å². The number of ether oxygens (including phenoxy) is 1. The number of amides is 1. The molecular formula is C25H25N3O6S. The highest BCUT2D eigenvalue weighted by atomic mass is 32.1. The molecule has 3 aromatic rings. The standard InChI is InChI=1S/C25H25N3O6S/c1-4-7-18(34-3)8-5-6-13-26-21(29)20-14-19-22(30)28(25(33)27(2)23(19)35-20)15-16-9-11-17(12-10-16)24(31)32/h4-12,14H,13,15H2,1-3H3,(H,26,29)(H,31,32)/b6-5+,7-4-,18-8+. The van der Waals surface area contributed by atoms with Gasteiger partial charge in [-0.25, -0.2) is 9.59 Å². The van der Waals surface area contributed by atoms with Gasteiger partial charge in [0.15, 0.2) is 0 Å². The van der Waals surface area contributed by atoms with Crippen molar-refractivity contribution >= 4 is 33.4 Å². The molecular weight excluding hydrogens is 470 g/mol. The lowest BCUT2D eigenvalue weighted by Gasteiger charge is -2.08. The number of nitrogens with one attached hydrogen (secondary N) is 1. The number of carbonyl (C=O) groups is 2. The summed E-state index contributed by atoms with van der Waals surface area (Å²) in [6, 6.07) is 7.44. The summed E-state index contributed by atoms with van der Waals surface area (Å²) < 4.78 is 7.57. The number of rotatable bonds is 9. The first-order valence-corrected chi connectivity index (χ1v) is 11.5. The summed E-state index contributed by atoms with van der Waals surface area (Å²) in [5, 5.41) is 12.1. The van der Waals surface area contributed by atoms with E-state index in [0.29, 0.717) is 21.0 Å². The Kier molecular flexibility index (Phi) is 8.21. The lowest BCUT2D eigenvalue weighted by molar-refractivity contribution is 0.0696. The van der Waals surface area contributed by atoms with E-state index in [0.717, 1.165) is 15.9 Å². The summed E-state index contributed by atoms with van der Waals surface area (Å²) in [6.45, 7) is 2.13. The molecule has 0 atom stereocenters. The number of allylic oxidation sites excluding steroid dienone is 4. The van der Waals surface area contributed by atoms with Crippen LogP contribution >= 0.6 is 11.3 Å². The first-order valence-electron chi connectivity index (χ1n) is 10.6. The summed E-state index contributed by atoms with van der Waals surface area (Å²) in [5.74, 6) is -0.743. The average molecular weight is 496 g/mol. The summed E-state index contributed by atoms with van der Waals surface area (Å²) in [6.07, 6.45) is 8.94. The molecule has 1 aromatic carbocycles. The molecule has 0 aliphatic carbocycles. The third-order valence-electron chi connectivity index (χ3n) is 5.12. The first kappa shape index (κ1) is 25.4. The van der Waals surface area contributed by atoms with E-state index >= 15 is 0 Å². The van der Waals surface area contributed by atoms with Gasteiger partial charge in [-0.2, -0.15) is 0 Å². The van der Waals surface area contributed by atoms with Gasteiger partial charge in [0, 0.05) is 13.6 Å². The Bertz CT molecular complexity index is 1460. The Labute approximate surface area is 204 Å². The summed E-state index contributed by atoms with van der Waals surface area (Å²) in [4.78, 5) is 50.3. The van der Waals surface area contributed by atoms with Crippen molar-refractivity contribution in [3.05, 3.63) is 103 Å². The second-order valence-corrected chi connectivity index (χ2v) is 8.51. The SMILES string of the molecule is C\C=C/C(=C\C=C\CNC(=O)c1cc2c(=O)n(Cc3ccc(C(=O)O)cc3)c(=O)n(C)c2s1)OC. The van der Waals surface area contributed by atoms with Gasteiger partial charge in [0.25, 0.3) is 11.5 Å². The van der Waals surface area contributed by atoms with Gasteiger partial charge >= 0.3 is 11.7 Å². The van der Waals surface area contributed by atoms with E-state index in [1.54, 1.807) is 44.5 Å². The smallest absolute Gasteiger partial charge is 0.335 e. The van der Waals surface area contributed by atoms with Crippen LogP contribution in [0.4, 0.5) is 0 Å². The molecule has 0 radical (unpaired) electrons. The van der Waals surface area contributed by atoms with Gasteiger partial charge in [-0.1, -0.05) is 30.4 Å². The van der Waals surface area contributed by atoms with Crippen LogP contribution < -0.4 is 16.6 Å². The first-order chi connectivity index (χ1) is 16.8. The van der Waals surface area contributed by atoms with Crippen LogP contribution in [0.15, 0.2) is 76.1 Å². The molecule has 182 valence electrons. The highest BCUT2D eigenvalue weighted by Crippen LogP contribution is 2.21. The minimum absolute atomic E-state index is 0.0201. The normalized spacial score (nSPS) is 12.0. The van der Waals surface area contributed by atoms with Gasteiger partial charge < -0.3 is 15.2 Å². The number of aromatic nitrogens is 2. The monoisotopic (exact) mass is 495 g/mol. The molecule has 35 heavy (non-hydrogen) atoms. The van der Waals surface area contributed by atoms with Crippen LogP contribution in [0.2, 0.25) is 0 Å². The fourth-order valence-electron chi connectivity index (χ4n) is 3.30. The van der Waals surface area contributed by atoms with Crippen molar-refractivity contribution in [2.75, 3.05) is 13.7 Å². The molecule has 0 bridgehead atoms. The third-order valence-corrected chi connectivity index (χ3v) is 6.33. The van der Waals surface area contributed by atoms with Crippen molar-refractivity contribution in [2.45, 2.75) is 13.5 Å². The predicted molar refractivity (Wildman–Crippen MR) is 135 cm³/mol. The molecule has 9 nitrogen and oxygen atoms in total. The molecule has 10 heteroatoms. The Hall–Kier alpha value is -4.18. The lowest BCUT2D eigenvalue weighted by atomic mass is 10.1. The minimum atomic E-state index is -1.06. The Morgan fingerprint density at radius 1 is 1.20 bits per heavy atom. The molecule has 0 spiro atoms. The van der Waals surface area contributed by atoms with Crippen LogP contribution in [0.3, 0.4) is 0 Å². The van der Waals surface area contributed by atoms with Crippen LogP contribution in [0, 0.1) is 0 Å². The number of nitrogens with zero attached hydrogens (tertiary/aromatic N) is 2. The minimum Gasteiger partial charge on any atom is -0.497 e. The number of fused-ring (bicyclic) bond motifs is 1. The van der Waals surface area contributed by atoms with E-state index in [1.165, 1.54) is 22.8 Å². The average Bonchev–Trinajstić information content (AvgIpc) is 3.30. The van der Waals surface area contributed by atoms with Crippen molar-refractivity contribution in [2.24, 2.45) is 7.05 Å². The molecule has 2 aromatic heterocycles. The number of carbonyl (C=O) groups excluding carboxylic acids is 1. The molecule has 1 amide bonds. The van der Waals surface area contributed by atoms with Gasteiger partial charge in [0.1, 0.15) is 10.6 Å². The topological polar surface area (TPSA) is 120 Å². The number of carboxylic acids is 1. The number of carboxylic acid groups (broad SMARTS) is 1. The predicted octanol–water partition coefficient (Wildman–Crippen LogP) is 2.90. The fourth-order valence-corrected chi connectivity index (χ4v) is 4.32. The molecule has 0 saturated carbocycles. The van der Waals surface area contributed by atoms with Crippen LogP contribution in [-0.4, -0.2) is 39.8 Å². The van der Waals surface area contributed by atoms with E-state index in [-0.39, 0.29) is 29.9 Å². The van der Waals surface area contributed by atoms with Crippen molar-refractivity contribution in [3.8, 4) is 0 Å². The maximum Gasteiger partial charge on any atom is 0.335 e. The van der Waals surface area contributed by atoms with Crippen molar-refractivity contribution in [1.82, 2.24) is 14.5 Å². The lowest BCUT2D eigenvalue weighted by Crippen LogP contribution is -2.38. The van der Waals surface area contributed by atoms with E-state index in [2.05, 4.69) is 5.32 Å². The highest BCUT2D eigenvalue weighted by molar-refractivity contribution is 7.20. The molecule has 0 aliphatic heterocycles. The number of thiophene rings is 1. The van der Waals surface area contributed by atoms with Crippen LogP contribution in [0.25, 0.3) is 10.2 Å². The quantitative estimate of drug-likeness (QED) is 0.348. The molecule has 3 rings (SSSR count). The van der Waals surface area contributed by atoms with Gasteiger partial charge in [0.2, 0.25) is 0 Å². The van der Waals surface area contributed by atoms with Crippen LogP contribution in [-0.2, 0) is 18.3 Å². The Morgan fingerprint density at radius 3 is 2.54 bits per heavy atom. The maximum atomic E-state index is 13.1. The summed E-state index contributed by atoms with van der Waals surface area (Å²) >= 11 is 1.07. The number of hydrogen-bond acceptors (Lipinski definition) is 6. The maximum absolute atomic E-state index is 13.1. The van der Waals surface area contributed by atoms with Crippen LogP contribution in [0.5, 0.6) is 0 Å². The van der Waals surface area contributed by atoms with E-state index in [9.17, 15) is 19.2 Å². The molecule has 0 fully saturated rings. The summed E-state index contributed by atoms with van der Waals surface area (Å²) in [7, 11) is 3.11. The molecule has 2 N–H and O–H groups in total. The third kappa shape index (κ3) is 5.85. The molecule has 2 heterocycles. The van der Waals surface area contributed by atoms with E-state index in [4.69, 9.17) is 9.84 Å². The van der Waals surface area contributed by atoms with E-state index < -0.39 is 17.2 Å². The second kappa shape index (κ2) is 11.3. The largest absolute Gasteiger partial charge is 0.497 e. The van der Waals surface area contributed by atoms with Crippen LogP contribution in [0.1, 0.15) is 32.5 Å². The number of aryl methyl sites for hydroxylation is 1. The zero-order chi connectivity index (χ0) is 25.5. The Morgan fingerprint density at radius 2 is 1.91 bits per heavy atom. The number of aromatic carboxylic acids is 1. The number of methoxy groups -OCH3 is 1. The number of benzene rings is 1. The zero-order valence-corrected chi connectivity index (χ0v) is 20.3. The Balaban J connectivity index is 1.82. The van der Waals surface area contributed by atoms with E-state index in [1.807, 2.05) is 19.1 Å². The van der Waals surface area contributed by atoms with Crippen molar-refractivity contribution in [1.29, 1.82) is 0 Å². The summed E-state index contributed by atoms with van der Waals surface area (Å²) in [5.41, 5.74) is -0.320. The fraction of sp³-hybridized carbons (Fsp3) is 0.200. The molecule has 0 unspecified atom stereocenters. The van der Waals surface area contributed by atoms with Crippen molar-refractivity contribution < 1.29 is 19.4 Å². The van der Waals surface area contributed by atoms with Gasteiger partial charge in [-0.15, -0.1) is 11.3 Å². The molecule has 0 saturated heterocycles. The zero-order valence-electron chi connectivity index (χ0n) is 19.5. The van der Waals surface area contributed by atoms with Gasteiger partial charge in [-0.3, -0.25) is 18.7 Å².